The molecule has 35 heavy (non-hydrogen) atoms. The van der Waals surface area contributed by atoms with Crippen LogP contribution in [0.5, 0.6) is 0 Å². The topological polar surface area (TPSA) is 99.2 Å². The minimum Gasteiger partial charge on any atom is -0.383 e. The second kappa shape index (κ2) is 11.0. The van der Waals surface area contributed by atoms with Gasteiger partial charge in [-0.15, -0.1) is 0 Å². The molecule has 0 saturated carbocycles. The van der Waals surface area contributed by atoms with Crippen molar-refractivity contribution in [3.05, 3.63) is 58.9 Å². The van der Waals surface area contributed by atoms with Crippen molar-refractivity contribution < 1.29 is 17.2 Å². The van der Waals surface area contributed by atoms with E-state index in [9.17, 15) is 17.2 Å². The van der Waals surface area contributed by atoms with Gasteiger partial charge in [-0.3, -0.25) is 4.72 Å². The minimum atomic E-state index is -4.37. The molecule has 188 valence electrons. The van der Waals surface area contributed by atoms with Crippen molar-refractivity contribution in [1.82, 2.24) is 14.3 Å². The number of likely N-dealkylation sites (tertiary alicyclic amines) is 1. The molecule has 0 aliphatic carbocycles. The van der Waals surface area contributed by atoms with Crippen molar-refractivity contribution in [2.45, 2.75) is 24.8 Å². The summed E-state index contributed by atoms with van der Waals surface area (Å²) in [6.07, 6.45) is 2.35. The van der Waals surface area contributed by atoms with Crippen LogP contribution < -0.4 is 15.4 Å². The Morgan fingerprint density at radius 2 is 2.00 bits per heavy atom. The summed E-state index contributed by atoms with van der Waals surface area (Å²) in [7, 11) is -4.37. The van der Waals surface area contributed by atoms with Crippen LogP contribution in [-0.2, 0) is 16.6 Å². The van der Waals surface area contributed by atoms with Crippen LogP contribution in [0.4, 0.5) is 25.3 Å². The summed E-state index contributed by atoms with van der Waals surface area (Å²) in [5.74, 6) is -1.30. The molecule has 2 aromatic carbocycles. The van der Waals surface area contributed by atoms with Crippen LogP contribution in [0.2, 0.25) is 5.02 Å². The molecule has 4 rings (SSSR count). The Morgan fingerprint density at radius 3 is 2.71 bits per heavy atom. The van der Waals surface area contributed by atoms with Gasteiger partial charge in [0.25, 0.3) is 10.0 Å². The molecular formula is C22H25ClF2N6O2S2. The highest BCUT2D eigenvalue weighted by Gasteiger charge is 2.23. The molecule has 1 saturated heterocycles. The SMILES string of the molecule is CC1CCN(CCNc2cc(Cl)ccc2CNc2cc(F)c(S(=O)(=O)Nc3ncns3)cc2F)C1. The number of sulfonamides is 1. The van der Waals surface area contributed by atoms with Crippen LogP contribution in [0, 0.1) is 17.6 Å². The van der Waals surface area contributed by atoms with Gasteiger partial charge in [0.15, 0.2) is 0 Å². The fraction of sp³-hybridized carbons (Fsp3) is 0.364. The van der Waals surface area contributed by atoms with Gasteiger partial charge in [-0.25, -0.2) is 22.2 Å². The number of halogens is 3. The molecule has 1 fully saturated rings. The van der Waals surface area contributed by atoms with Gasteiger partial charge in [-0.05, 0) is 42.6 Å². The molecule has 1 unspecified atom stereocenters. The van der Waals surface area contributed by atoms with E-state index in [2.05, 4.69) is 36.5 Å². The zero-order chi connectivity index (χ0) is 25.0. The molecule has 13 heteroatoms. The van der Waals surface area contributed by atoms with Crippen molar-refractivity contribution >= 4 is 49.7 Å². The monoisotopic (exact) mass is 542 g/mol. The molecule has 1 aliphatic heterocycles. The lowest BCUT2D eigenvalue weighted by Gasteiger charge is -2.18. The fourth-order valence-corrected chi connectivity index (χ4v) is 5.80. The summed E-state index contributed by atoms with van der Waals surface area (Å²) in [5.41, 5.74) is 1.43. The standard InChI is InChI=1S/C22H25ClF2N6O2S2/c1-14-4-6-31(12-14)7-5-26-19-8-16(23)3-2-15(19)11-27-20-9-18(25)21(10-17(20)24)35(32,33)30-22-28-13-29-34-22/h2-3,8-10,13-14,26-27H,4-7,11-12H2,1H3,(H,28,29,30). The van der Waals surface area contributed by atoms with E-state index in [-0.39, 0.29) is 17.4 Å². The van der Waals surface area contributed by atoms with E-state index in [1.165, 1.54) is 6.42 Å². The molecule has 8 nitrogen and oxygen atoms in total. The smallest absolute Gasteiger partial charge is 0.266 e. The van der Waals surface area contributed by atoms with E-state index >= 15 is 0 Å². The normalized spacial score (nSPS) is 16.4. The van der Waals surface area contributed by atoms with E-state index in [4.69, 9.17) is 11.6 Å². The maximum Gasteiger partial charge on any atom is 0.266 e. The Kier molecular flexibility index (Phi) is 8.05. The van der Waals surface area contributed by atoms with Crippen molar-refractivity contribution in [3.8, 4) is 0 Å². The number of rotatable bonds is 10. The number of nitrogens with one attached hydrogen (secondary N) is 3. The second-order valence-corrected chi connectivity index (χ2v) is 11.3. The first-order valence-electron chi connectivity index (χ1n) is 11.0. The first kappa shape index (κ1) is 25.5. The zero-order valence-electron chi connectivity index (χ0n) is 18.9. The molecule has 2 heterocycles. The van der Waals surface area contributed by atoms with E-state index in [1.54, 1.807) is 18.2 Å². The third-order valence-corrected chi connectivity index (χ3v) is 7.99. The Morgan fingerprint density at radius 1 is 1.17 bits per heavy atom. The number of anilines is 3. The predicted molar refractivity (Wildman–Crippen MR) is 135 cm³/mol. The highest BCUT2D eigenvalue weighted by atomic mass is 35.5. The number of nitrogens with zero attached hydrogens (tertiary/aromatic N) is 3. The lowest BCUT2D eigenvalue weighted by atomic mass is 10.1. The third kappa shape index (κ3) is 6.57. The van der Waals surface area contributed by atoms with Crippen molar-refractivity contribution in [2.24, 2.45) is 5.92 Å². The molecule has 0 bridgehead atoms. The molecule has 3 N–H and O–H groups in total. The van der Waals surface area contributed by atoms with Crippen LogP contribution in [0.3, 0.4) is 0 Å². The van der Waals surface area contributed by atoms with Gasteiger partial charge in [0, 0.05) is 54.5 Å². The van der Waals surface area contributed by atoms with E-state index in [0.29, 0.717) is 17.0 Å². The quantitative estimate of drug-likeness (QED) is 0.343. The first-order chi connectivity index (χ1) is 16.7. The van der Waals surface area contributed by atoms with E-state index < -0.39 is 26.6 Å². The van der Waals surface area contributed by atoms with E-state index in [1.807, 2.05) is 0 Å². The second-order valence-electron chi connectivity index (χ2n) is 8.39. The molecule has 1 aromatic heterocycles. The van der Waals surface area contributed by atoms with Crippen molar-refractivity contribution in [1.29, 1.82) is 0 Å². The van der Waals surface area contributed by atoms with Crippen LogP contribution in [0.1, 0.15) is 18.9 Å². The van der Waals surface area contributed by atoms with Gasteiger partial charge in [0.05, 0.1) is 5.69 Å². The van der Waals surface area contributed by atoms with Gasteiger partial charge in [-0.1, -0.05) is 24.6 Å². The average Bonchev–Trinajstić information content (AvgIpc) is 3.46. The molecule has 0 amide bonds. The van der Waals surface area contributed by atoms with Crippen LogP contribution in [0.15, 0.2) is 41.6 Å². The summed E-state index contributed by atoms with van der Waals surface area (Å²) >= 11 is 6.95. The summed E-state index contributed by atoms with van der Waals surface area (Å²) in [6, 6.07) is 6.77. The van der Waals surface area contributed by atoms with Gasteiger partial charge in [0.2, 0.25) is 5.13 Å². The van der Waals surface area contributed by atoms with Gasteiger partial charge in [-0.2, -0.15) is 4.37 Å². The largest absolute Gasteiger partial charge is 0.383 e. The lowest BCUT2D eigenvalue weighted by molar-refractivity contribution is 0.341. The molecule has 1 aliphatic rings. The number of hydrogen-bond donors (Lipinski definition) is 3. The Balaban J connectivity index is 1.43. The molecule has 3 aromatic rings. The van der Waals surface area contributed by atoms with Gasteiger partial charge < -0.3 is 15.5 Å². The van der Waals surface area contributed by atoms with Gasteiger partial charge in [0.1, 0.15) is 22.9 Å². The summed E-state index contributed by atoms with van der Waals surface area (Å²) in [6.45, 7) is 6.19. The molecular weight excluding hydrogens is 518 g/mol. The van der Waals surface area contributed by atoms with Crippen LogP contribution in [0.25, 0.3) is 0 Å². The summed E-state index contributed by atoms with van der Waals surface area (Å²) < 4.78 is 60.0. The zero-order valence-corrected chi connectivity index (χ0v) is 21.3. The predicted octanol–water partition coefficient (Wildman–Crippen LogP) is 4.64. The maximum absolute atomic E-state index is 14.7. The molecule has 0 radical (unpaired) electrons. The Labute approximate surface area is 211 Å². The first-order valence-corrected chi connectivity index (χ1v) is 13.6. The number of aromatic nitrogens is 2. The minimum absolute atomic E-state index is 0.0472. The van der Waals surface area contributed by atoms with Crippen molar-refractivity contribution in [2.75, 3.05) is 41.5 Å². The number of hydrogen-bond acceptors (Lipinski definition) is 8. The Bertz CT molecular complexity index is 1280. The van der Waals surface area contributed by atoms with Gasteiger partial charge >= 0.3 is 0 Å². The Hall–Kier alpha value is -2.54. The molecule has 1 atom stereocenters. The highest BCUT2D eigenvalue weighted by molar-refractivity contribution is 7.93. The summed E-state index contributed by atoms with van der Waals surface area (Å²) in [5, 5.41) is 6.73. The van der Waals surface area contributed by atoms with Crippen LogP contribution in [-0.4, -0.2) is 48.9 Å². The molecule has 0 spiro atoms. The fourth-order valence-electron chi connectivity index (χ4n) is 3.89. The van der Waals surface area contributed by atoms with Crippen molar-refractivity contribution in [3.63, 3.8) is 0 Å². The highest BCUT2D eigenvalue weighted by Crippen LogP contribution is 2.27. The lowest BCUT2D eigenvalue weighted by Crippen LogP contribution is -2.27. The maximum atomic E-state index is 14.7. The number of benzene rings is 2. The van der Waals surface area contributed by atoms with E-state index in [0.717, 1.165) is 61.4 Å². The average molecular weight is 543 g/mol. The summed E-state index contributed by atoms with van der Waals surface area (Å²) in [4.78, 5) is 5.27. The van der Waals surface area contributed by atoms with Crippen LogP contribution >= 0.6 is 23.1 Å². The third-order valence-electron chi connectivity index (χ3n) is 5.69.